The Hall–Kier alpha value is -1.06. The third-order valence-electron chi connectivity index (χ3n) is 2.14. The van der Waals surface area contributed by atoms with Crippen LogP contribution in [0, 0.1) is 0 Å². The van der Waals surface area contributed by atoms with Crippen molar-refractivity contribution in [1.82, 2.24) is 0 Å². The molecule has 90 valence electrons. The smallest absolute Gasteiger partial charge is 0.0700 e. The zero-order valence-electron chi connectivity index (χ0n) is 9.95. The largest absolute Gasteiger partial charge is 0.385 e. The van der Waals surface area contributed by atoms with E-state index in [1.54, 1.807) is 0 Å². The van der Waals surface area contributed by atoms with Gasteiger partial charge in [-0.3, -0.25) is 0 Å². The number of hydrogen-bond acceptors (Lipinski definition) is 3. The van der Waals surface area contributed by atoms with E-state index in [1.807, 2.05) is 25.1 Å². The van der Waals surface area contributed by atoms with Crippen LogP contribution in [0.5, 0.6) is 0 Å². The summed E-state index contributed by atoms with van der Waals surface area (Å²) in [7, 11) is 0. The molecule has 0 fully saturated rings. The topological polar surface area (TPSA) is 30.5 Å². The van der Waals surface area contributed by atoms with Crippen molar-refractivity contribution in [2.24, 2.45) is 0 Å². The molecule has 1 aromatic carbocycles. The second-order valence-corrected chi connectivity index (χ2v) is 3.46. The van der Waals surface area contributed by atoms with Gasteiger partial charge in [0, 0.05) is 25.4 Å². The highest BCUT2D eigenvalue weighted by atomic mass is 16.5. The number of benzene rings is 1. The van der Waals surface area contributed by atoms with E-state index < -0.39 is 0 Å². The van der Waals surface area contributed by atoms with Crippen molar-refractivity contribution in [1.29, 1.82) is 0 Å². The number of anilines is 1. The molecule has 0 atom stereocenters. The summed E-state index contributed by atoms with van der Waals surface area (Å²) in [6.45, 7) is 5.87. The Morgan fingerprint density at radius 1 is 1.00 bits per heavy atom. The Labute approximate surface area is 97.8 Å². The molecule has 0 bridgehead atoms. The predicted octanol–water partition coefficient (Wildman–Crippen LogP) is 2.54. The highest BCUT2D eigenvalue weighted by Gasteiger charge is 1.91. The summed E-state index contributed by atoms with van der Waals surface area (Å²) in [6.07, 6.45) is 1.01. The third kappa shape index (κ3) is 6.43. The molecule has 0 heterocycles. The fourth-order valence-corrected chi connectivity index (χ4v) is 1.33. The lowest BCUT2D eigenvalue weighted by molar-refractivity contribution is 0.0528. The van der Waals surface area contributed by atoms with Crippen molar-refractivity contribution in [3.8, 4) is 0 Å². The summed E-state index contributed by atoms with van der Waals surface area (Å²) in [5.41, 5.74) is 1.16. The van der Waals surface area contributed by atoms with Gasteiger partial charge in [0.2, 0.25) is 0 Å². The molecule has 3 nitrogen and oxygen atoms in total. The maximum atomic E-state index is 5.41. The van der Waals surface area contributed by atoms with Gasteiger partial charge in [-0.15, -0.1) is 0 Å². The molecule has 3 heteroatoms. The fourth-order valence-electron chi connectivity index (χ4n) is 1.33. The van der Waals surface area contributed by atoms with Gasteiger partial charge in [-0.1, -0.05) is 18.2 Å². The summed E-state index contributed by atoms with van der Waals surface area (Å²) in [5.74, 6) is 0. The monoisotopic (exact) mass is 223 g/mol. The Balaban J connectivity index is 1.89. The van der Waals surface area contributed by atoms with Crippen LogP contribution in [0.1, 0.15) is 13.3 Å². The summed E-state index contributed by atoms with van der Waals surface area (Å²) < 4.78 is 10.6. The first kappa shape index (κ1) is 13.0. The molecule has 1 rings (SSSR count). The number of hydrogen-bond donors (Lipinski definition) is 1. The SMILES string of the molecule is CCOCCOCCCNc1ccccc1. The van der Waals surface area contributed by atoms with Gasteiger partial charge in [0.05, 0.1) is 13.2 Å². The van der Waals surface area contributed by atoms with E-state index in [1.165, 1.54) is 0 Å². The highest BCUT2D eigenvalue weighted by molar-refractivity contribution is 5.42. The minimum Gasteiger partial charge on any atom is -0.385 e. The van der Waals surface area contributed by atoms with Crippen LogP contribution >= 0.6 is 0 Å². The van der Waals surface area contributed by atoms with Gasteiger partial charge >= 0.3 is 0 Å². The number of para-hydroxylation sites is 1. The maximum Gasteiger partial charge on any atom is 0.0700 e. The van der Waals surface area contributed by atoms with Gasteiger partial charge in [0.15, 0.2) is 0 Å². The van der Waals surface area contributed by atoms with Crippen LogP contribution in [0.2, 0.25) is 0 Å². The maximum absolute atomic E-state index is 5.41. The zero-order valence-corrected chi connectivity index (χ0v) is 9.95. The van der Waals surface area contributed by atoms with Gasteiger partial charge in [-0.2, -0.15) is 0 Å². The van der Waals surface area contributed by atoms with Crippen LogP contribution in [-0.4, -0.2) is 33.0 Å². The van der Waals surface area contributed by atoms with E-state index in [0.29, 0.717) is 13.2 Å². The minimum absolute atomic E-state index is 0.694. The first-order chi connectivity index (χ1) is 7.93. The van der Waals surface area contributed by atoms with Gasteiger partial charge in [-0.25, -0.2) is 0 Å². The Kier molecular flexibility index (Phi) is 7.47. The molecule has 0 aromatic heterocycles. The molecule has 1 N–H and O–H groups in total. The lowest BCUT2D eigenvalue weighted by atomic mass is 10.3. The molecule has 0 saturated heterocycles. The molecular formula is C13H21NO2. The van der Waals surface area contributed by atoms with E-state index >= 15 is 0 Å². The molecule has 0 aliphatic carbocycles. The summed E-state index contributed by atoms with van der Waals surface area (Å²) in [5, 5.41) is 3.34. The molecule has 1 aromatic rings. The van der Waals surface area contributed by atoms with Crippen molar-refractivity contribution < 1.29 is 9.47 Å². The van der Waals surface area contributed by atoms with Crippen molar-refractivity contribution in [3.63, 3.8) is 0 Å². The van der Waals surface area contributed by atoms with Crippen LogP contribution in [0.4, 0.5) is 5.69 Å². The summed E-state index contributed by atoms with van der Waals surface area (Å²) >= 11 is 0. The molecule has 16 heavy (non-hydrogen) atoms. The second-order valence-electron chi connectivity index (χ2n) is 3.46. The fraction of sp³-hybridized carbons (Fsp3) is 0.538. The van der Waals surface area contributed by atoms with Crippen LogP contribution in [0.25, 0.3) is 0 Å². The van der Waals surface area contributed by atoms with Crippen LogP contribution in [0.15, 0.2) is 30.3 Å². The van der Waals surface area contributed by atoms with E-state index in [-0.39, 0.29) is 0 Å². The second kappa shape index (κ2) is 9.19. The predicted molar refractivity (Wildman–Crippen MR) is 66.9 cm³/mol. The van der Waals surface area contributed by atoms with E-state index in [0.717, 1.165) is 31.9 Å². The van der Waals surface area contributed by atoms with E-state index in [9.17, 15) is 0 Å². The molecule has 0 aliphatic rings. The van der Waals surface area contributed by atoms with Gasteiger partial charge in [-0.05, 0) is 25.5 Å². The van der Waals surface area contributed by atoms with Gasteiger partial charge < -0.3 is 14.8 Å². The number of rotatable bonds is 9. The number of ether oxygens (including phenoxy) is 2. The quantitative estimate of drug-likeness (QED) is 0.653. The molecule has 0 spiro atoms. The van der Waals surface area contributed by atoms with Crippen molar-refractivity contribution in [3.05, 3.63) is 30.3 Å². The standard InChI is InChI=1S/C13H21NO2/c1-2-15-11-12-16-10-6-9-14-13-7-4-3-5-8-13/h3-5,7-8,14H,2,6,9-12H2,1H3. The molecule has 0 amide bonds. The summed E-state index contributed by atoms with van der Waals surface area (Å²) in [6, 6.07) is 10.2. The van der Waals surface area contributed by atoms with Crippen LogP contribution in [-0.2, 0) is 9.47 Å². The third-order valence-corrected chi connectivity index (χ3v) is 2.14. The highest BCUT2D eigenvalue weighted by Crippen LogP contribution is 2.04. The normalized spacial score (nSPS) is 10.3. The Bertz CT molecular complexity index is 251. The number of nitrogens with one attached hydrogen (secondary N) is 1. The van der Waals surface area contributed by atoms with Crippen molar-refractivity contribution in [2.75, 3.05) is 38.3 Å². The van der Waals surface area contributed by atoms with Crippen LogP contribution < -0.4 is 5.32 Å². The van der Waals surface area contributed by atoms with Crippen molar-refractivity contribution >= 4 is 5.69 Å². The average molecular weight is 223 g/mol. The van der Waals surface area contributed by atoms with Crippen LogP contribution in [0.3, 0.4) is 0 Å². The molecule has 0 saturated carbocycles. The summed E-state index contributed by atoms with van der Waals surface area (Å²) in [4.78, 5) is 0. The lowest BCUT2D eigenvalue weighted by Crippen LogP contribution is -2.08. The molecular weight excluding hydrogens is 202 g/mol. The first-order valence-corrected chi connectivity index (χ1v) is 5.88. The molecule has 0 aliphatic heterocycles. The molecule has 0 radical (unpaired) electrons. The zero-order chi connectivity index (χ0) is 11.5. The van der Waals surface area contributed by atoms with E-state index in [4.69, 9.17) is 9.47 Å². The van der Waals surface area contributed by atoms with Gasteiger partial charge in [0.1, 0.15) is 0 Å². The van der Waals surface area contributed by atoms with Gasteiger partial charge in [0.25, 0.3) is 0 Å². The molecule has 0 unspecified atom stereocenters. The Morgan fingerprint density at radius 2 is 1.75 bits per heavy atom. The average Bonchev–Trinajstić information content (AvgIpc) is 2.34. The first-order valence-electron chi connectivity index (χ1n) is 5.88. The van der Waals surface area contributed by atoms with Crippen molar-refractivity contribution in [2.45, 2.75) is 13.3 Å². The lowest BCUT2D eigenvalue weighted by Gasteiger charge is -2.06. The van der Waals surface area contributed by atoms with E-state index in [2.05, 4.69) is 17.4 Å². The Morgan fingerprint density at radius 3 is 2.50 bits per heavy atom. The minimum atomic E-state index is 0.694.